The third-order valence-electron chi connectivity index (χ3n) is 2.89. The second kappa shape index (κ2) is 5.73. The largest absolute Gasteiger partial charge is 0.478 e. The maximum absolute atomic E-state index is 11.3. The molecule has 1 heterocycles. The van der Waals surface area contributed by atoms with E-state index in [1.807, 2.05) is 26.0 Å². The van der Waals surface area contributed by atoms with Gasteiger partial charge in [-0.15, -0.1) is 11.3 Å². The fraction of sp³-hybridized carbons (Fsp3) is 0.214. The number of hydrogen-bond acceptors (Lipinski definition) is 4. The Morgan fingerprint density at radius 3 is 2.70 bits per heavy atom. The first kappa shape index (κ1) is 14.7. The molecule has 0 radical (unpaired) electrons. The van der Waals surface area contributed by atoms with E-state index >= 15 is 0 Å². The number of rotatable bonds is 4. The maximum Gasteiger partial charge on any atom is 0.337 e. The molecule has 0 aliphatic rings. The highest BCUT2D eigenvalue weighted by molar-refractivity contribution is 7.12. The molecule has 0 fully saturated rings. The smallest absolute Gasteiger partial charge is 0.337 e. The third kappa shape index (κ3) is 3.05. The van der Waals surface area contributed by atoms with Gasteiger partial charge >= 0.3 is 5.97 Å². The second-order valence-electron chi connectivity index (χ2n) is 4.54. The summed E-state index contributed by atoms with van der Waals surface area (Å²) in [6.07, 6.45) is 0. The van der Waals surface area contributed by atoms with Crippen molar-refractivity contribution >= 4 is 40.3 Å². The van der Waals surface area contributed by atoms with E-state index in [9.17, 15) is 9.90 Å². The number of thiophene rings is 1. The van der Waals surface area contributed by atoms with Gasteiger partial charge in [-0.1, -0.05) is 11.6 Å². The normalized spacial score (nSPS) is 12.2. The van der Waals surface area contributed by atoms with Crippen molar-refractivity contribution in [3.8, 4) is 0 Å². The average molecular weight is 311 g/mol. The number of anilines is 2. The van der Waals surface area contributed by atoms with E-state index in [1.165, 1.54) is 10.9 Å². The Bertz CT molecular complexity index is 655. The molecule has 1 aromatic carbocycles. The third-order valence-corrected chi connectivity index (χ3v) is 4.37. The number of benzene rings is 1. The van der Waals surface area contributed by atoms with E-state index in [1.54, 1.807) is 17.4 Å². The number of carboxylic acid groups (broad SMARTS) is 1. The molecule has 20 heavy (non-hydrogen) atoms. The highest BCUT2D eigenvalue weighted by atomic mass is 35.5. The Morgan fingerprint density at radius 1 is 1.45 bits per heavy atom. The molecule has 1 unspecified atom stereocenters. The van der Waals surface area contributed by atoms with Crippen LogP contribution in [-0.4, -0.2) is 11.1 Å². The summed E-state index contributed by atoms with van der Waals surface area (Å²) >= 11 is 7.77. The zero-order valence-corrected chi connectivity index (χ0v) is 12.7. The first-order valence-electron chi connectivity index (χ1n) is 6.03. The predicted octanol–water partition coefficient (Wildman–Crippen LogP) is 4.16. The van der Waals surface area contributed by atoms with Crippen LogP contribution in [0.5, 0.6) is 0 Å². The summed E-state index contributed by atoms with van der Waals surface area (Å²) in [6.45, 7) is 3.99. The molecule has 0 aliphatic heterocycles. The zero-order chi connectivity index (χ0) is 14.9. The van der Waals surface area contributed by atoms with E-state index in [4.69, 9.17) is 17.3 Å². The van der Waals surface area contributed by atoms with Gasteiger partial charge in [0, 0.05) is 15.4 Å². The number of nitrogen functional groups attached to an aromatic ring is 1. The number of carboxylic acids is 1. The van der Waals surface area contributed by atoms with Crippen LogP contribution in [0.25, 0.3) is 0 Å². The fourth-order valence-electron chi connectivity index (χ4n) is 1.92. The van der Waals surface area contributed by atoms with E-state index in [2.05, 4.69) is 5.32 Å². The molecule has 0 saturated carbocycles. The Labute approximate surface area is 126 Å². The van der Waals surface area contributed by atoms with E-state index in [0.29, 0.717) is 16.4 Å². The molecule has 1 atom stereocenters. The zero-order valence-electron chi connectivity index (χ0n) is 11.1. The van der Waals surface area contributed by atoms with Gasteiger partial charge in [-0.3, -0.25) is 0 Å². The molecule has 0 bridgehead atoms. The fourth-order valence-corrected chi connectivity index (χ4v) is 3.08. The highest BCUT2D eigenvalue weighted by Crippen LogP contribution is 2.33. The van der Waals surface area contributed by atoms with Crippen molar-refractivity contribution < 1.29 is 9.90 Å². The molecule has 106 valence electrons. The van der Waals surface area contributed by atoms with Crippen LogP contribution in [0.3, 0.4) is 0 Å². The van der Waals surface area contributed by atoms with Gasteiger partial charge in [0.1, 0.15) is 0 Å². The van der Waals surface area contributed by atoms with Crippen molar-refractivity contribution in [1.82, 2.24) is 0 Å². The van der Waals surface area contributed by atoms with Gasteiger partial charge in [-0.2, -0.15) is 0 Å². The topological polar surface area (TPSA) is 75.3 Å². The molecular weight excluding hydrogens is 296 g/mol. The number of aryl methyl sites for hydroxylation is 1. The highest BCUT2D eigenvalue weighted by Gasteiger charge is 2.17. The Balaban J connectivity index is 2.35. The van der Waals surface area contributed by atoms with E-state index in [-0.39, 0.29) is 11.6 Å². The summed E-state index contributed by atoms with van der Waals surface area (Å²) in [4.78, 5) is 13.6. The molecule has 1 aromatic heterocycles. The number of nitrogens with one attached hydrogen (secondary N) is 1. The summed E-state index contributed by atoms with van der Waals surface area (Å²) in [5, 5.41) is 12.7. The number of halogens is 1. The first-order valence-corrected chi connectivity index (χ1v) is 7.23. The summed E-state index contributed by atoms with van der Waals surface area (Å²) in [5.41, 5.74) is 6.44. The quantitative estimate of drug-likeness (QED) is 0.741. The minimum Gasteiger partial charge on any atom is -0.478 e. The lowest BCUT2D eigenvalue weighted by Crippen LogP contribution is -2.11. The molecular formula is C14H15ClN2O2S. The van der Waals surface area contributed by atoms with Crippen LogP contribution >= 0.6 is 22.9 Å². The van der Waals surface area contributed by atoms with Gasteiger partial charge in [-0.05, 0) is 38.1 Å². The molecule has 2 rings (SSSR count). The van der Waals surface area contributed by atoms with Gasteiger partial charge in [0.2, 0.25) is 0 Å². The van der Waals surface area contributed by atoms with Crippen LogP contribution in [-0.2, 0) is 0 Å². The summed E-state index contributed by atoms with van der Waals surface area (Å²) in [7, 11) is 0. The lowest BCUT2D eigenvalue weighted by molar-refractivity contribution is 0.0698. The number of aromatic carboxylic acids is 1. The van der Waals surface area contributed by atoms with Crippen molar-refractivity contribution in [2.75, 3.05) is 11.1 Å². The van der Waals surface area contributed by atoms with Crippen molar-refractivity contribution in [3.05, 3.63) is 44.6 Å². The molecule has 2 aromatic rings. The number of hydrogen-bond donors (Lipinski definition) is 3. The first-order chi connectivity index (χ1) is 9.38. The summed E-state index contributed by atoms with van der Waals surface area (Å²) < 4.78 is 0. The minimum atomic E-state index is -1.06. The van der Waals surface area contributed by atoms with Crippen molar-refractivity contribution in [2.24, 2.45) is 0 Å². The SMILES string of the molecule is Cc1ccc(C(C)Nc2c(Cl)cc(N)cc2C(=O)O)s1. The Hall–Kier alpha value is -1.72. The monoisotopic (exact) mass is 310 g/mol. The number of nitrogens with two attached hydrogens (primary N) is 1. The molecule has 0 aliphatic carbocycles. The second-order valence-corrected chi connectivity index (χ2v) is 6.27. The number of carbonyl (C=O) groups is 1. The van der Waals surface area contributed by atoms with Gasteiger partial charge in [0.25, 0.3) is 0 Å². The van der Waals surface area contributed by atoms with Crippen LogP contribution in [0.4, 0.5) is 11.4 Å². The lowest BCUT2D eigenvalue weighted by Gasteiger charge is -2.17. The molecule has 0 saturated heterocycles. The maximum atomic E-state index is 11.3. The molecule has 4 nitrogen and oxygen atoms in total. The van der Waals surface area contributed by atoms with Gasteiger partial charge in [-0.25, -0.2) is 4.79 Å². The van der Waals surface area contributed by atoms with Crippen LogP contribution in [0.2, 0.25) is 5.02 Å². The Morgan fingerprint density at radius 2 is 2.15 bits per heavy atom. The van der Waals surface area contributed by atoms with Crippen LogP contribution in [0.1, 0.15) is 33.1 Å². The van der Waals surface area contributed by atoms with E-state index in [0.717, 1.165) is 4.88 Å². The van der Waals surface area contributed by atoms with Gasteiger partial charge in [0.05, 0.1) is 22.3 Å². The molecule has 0 amide bonds. The van der Waals surface area contributed by atoms with Crippen molar-refractivity contribution in [3.63, 3.8) is 0 Å². The van der Waals surface area contributed by atoms with Gasteiger partial charge < -0.3 is 16.2 Å². The van der Waals surface area contributed by atoms with Crippen LogP contribution < -0.4 is 11.1 Å². The Kier molecular flexibility index (Phi) is 4.20. The van der Waals surface area contributed by atoms with E-state index < -0.39 is 5.97 Å². The standard InChI is InChI=1S/C14H15ClN2O2S/c1-7-3-4-12(20-7)8(2)17-13-10(14(18)19)5-9(16)6-11(13)15/h3-6,8,17H,16H2,1-2H3,(H,18,19). The molecule has 6 heteroatoms. The van der Waals surface area contributed by atoms with Crippen LogP contribution in [0.15, 0.2) is 24.3 Å². The lowest BCUT2D eigenvalue weighted by atomic mass is 10.1. The van der Waals surface area contributed by atoms with Gasteiger partial charge in [0.15, 0.2) is 0 Å². The average Bonchev–Trinajstić information content (AvgIpc) is 2.78. The van der Waals surface area contributed by atoms with Crippen molar-refractivity contribution in [2.45, 2.75) is 19.9 Å². The summed E-state index contributed by atoms with van der Waals surface area (Å²) in [6, 6.07) is 6.96. The predicted molar refractivity (Wildman–Crippen MR) is 83.9 cm³/mol. The van der Waals surface area contributed by atoms with Crippen LogP contribution in [0, 0.1) is 6.92 Å². The minimum absolute atomic E-state index is 0.0343. The molecule has 4 N–H and O–H groups in total. The van der Waals surface area contributed by atoms with Crippen molar-refractivity contribution in [1.29, 1.82) is 0 Å². The molecule has 0 spiro atoms. The summed E-state index contributed by atoms with van der Waals surface area (Å²) in [5.74, 6) is -1.06.